The van der Waals surface area contributed by atoms with Gasteiger partial charge in [0.05, 0.1) is 20.1 Å². The van der Waals surface area contributed by atoms with E-state index in [-0.39, 0.29) is 25.5 Å². The molecule has 0 heterocycles. The number of ether oxygens (including phenoxy) is 2. The number of alkyl carbamates (subject to hydrolysis) is 1. The van der Waals surface area contributed by atoms with E-state index in [1.165, 1.54) is 18.2 Å². The summed E-state index contributed by atoms with van der Waals surface area (Å²) in [5, 5.41) is 11.7. The molecule has 3 aromatic carbocycles. The minimum absolute atomic E-state index is 0.00110. The zero-order valence-electron chi connectivity index (χ0n) is 18.1. The van der Waals surface area contributed by atoms with Crippen LogP contribution >= 0.6 is 0 Å². The molecule has 0 aromatic heterocycles. The van der Waals surface area contributed by atoms with Crippen LogP contribution in [0, 0.1) is 11.8 Å². The second-order valence-corrected chi connectivity index (χ2v) is 7.58. The number of carbonyl (C=O) groups is 2. The zero-order valence-corrected chi connectivity index (χ0v) is 18.1. The largest absolute Gasteiger partial charge is 0.496 e. The van der Waals surface area contributed by atoms with Crippen LogP contribution in [0.2, 0.25) is 0 Å². The highest BCUT2D eigenvalue weighted by Crippen LogP contribution is 2.44. The number of amides is 1. The van der Waals surface area contributed by atoms with E-state index in [1.54, 1.807) is 18.2 Å². The highest BCUT2D eigenvalue weighted by Gasteiger charge is 2.28. The lowest BCUT2D eigenvalue weighted by atomic mass is 9.98. The number of fused-ring (bicyclic) bond motifs is 3. The van der Waals surface area contributed by atoms with E-state index in [0.29, 0.717) is 16.9 Å². The number of carboxylic acids is 1. The quantitative estimate of drug-likeness (QED) is 0.560. The maximum absolute atomic E-state index is 12.2. The van der Waals surface area contributed by atoms with E-state index >= 15 is 0 Å². The predicted octanol–water partition coefficient (Wildman–Crippen LogP) is 4.21. The summed E-state index contributed by atoms with van der Waals surface area (Å²) >= 11 is 0. The molecule has 6 heteroatoms. The summed E-state index contributed by atoms with van der Waals surface area (Å²) in [5.74, 6) is 5.33. The van der Waals surface area contributed by atoms with E-state index < -0.39 is 12.1 Å². The molecule has 0 unspecified atom stereocenters. The van der Waals surface area contributed by atoms with Gasteiger partial charge in [-0.1, -0.05) is 60.4 Å². The Balaban J connectivity index is 1.34. The lowest BCUT2D eigenvalue weighted by Gasteiger charge is -2.14. The molecule has 0 spiro atoms. The van der Waals surface area contributed by atoms with Gasteiger partial charge in [0.1, 0.15) is 12.4 Å². The molecule has 2 N–H and O–H groups in total. The summed E-state index contributed by atoms with van der Waals surface area (Å²) in [6.07, 6.45) is -0.691. The van der Waals surface area contributed by atoms with Crippen molar-refractivity contribution >= 4 is 12.1 Å². The third kappa shape index (κ3) is 4.99. The Hall–Kier alpha value is -4.24. The SMILES string of the molecule is COc1ccc(C#CCNC(=O)OCC2c3ccccc3-c3ccccc32)cc1CC(=O)O. The monoisotopic (exact) mass is 441 g/mol. The molecular weight excluding hydrogens is 418 g/mol. The van der Waals surface area contributed by atoms with Crippen LogP contribution in [-0.4, -0.2) is 37.4 Å². The summed E-state index contributed by atoms with van der Waals surface area (Å²) in [4.78, 5) is 23.2. The lowest BCUT2D eigenvalue weighted by molar-refractivity contribution is -0.136. The summed E-state index contributed by atoms with van der Waals surface area (Å²) in [6.45, 7) is 0.348. The van der Waals surface area contributed by atoms with Gasteiger partial charge in [-0.2, -0.15) is 0 Å². The first-order valence-corrected chi connectivity index (χ1v) is 10.5. The second-order valence-electron chi connectivity index (χ2n) is 7.58. The summed E-state index contributed by atoms with van der Waals surface area (Å²) in [7, 11) is 1.49. The van der Waals surface area contributed by atoms with Crippen LogP contribution in [-0.2, 0) is 16.0 Å². The van der Waals surface area contributed by atoms with Gasteiger partial charge in [-0.25, -0.2) is 4.79 Å². The number of rotatable bonds is 6. The number of hydrogen-bond donors (Lipinski definition) is 2. The van der Waals surface area contributed by atoms with E-state index in [9.17, 15) is 9.59 Å². The van der Waals surface area contributed by atoms with Crippen molar-refractivity contribution < 1.29 is 24.2 Å². The van der Waals surface area contributed by atoms with Crippen LogP contribution in [0.4, 0.5) is 4.79 Å². The Morgan fingerprint density at radius 3 is 2.30 bits per heavy atom. The fraction of sp³-hybridized carbons (Fsp3) is 0.185. The molecule has 0 saturated heterocycles. The maximum atomic E-state index is 12.2. The van der Waals surface area contributed by atoms with Crippen molar-refractivity contribution in [2.24, 2.45) is 0 Å². The van der Waals surface area contributed by atoms with Gasteiger partial charge in [-0.05, 0) is 40.5 Å². The van der Waals surface area contributed by atoms with Crippen molar-refractivity contribution in [2.45, 2.75) is 12.3 Å². The van der Waals surface area contributed by atoms with Gasteiger partial charge < -0.3 is 19.9 Å². The molecule has 0 bridgehead atoms. The molecule has 33 heavy (non-hydrogen) atoms. The Morgan fingerprint density at radius 2 is 1.67 bits per heavy atom. The Kier molecular flexibility index (Phi) is 6.61. The number of carboxylic acid groups (broad SMARTS) is 1. The number of hydrogen-bond acceptors (Lipinski definition) is 4. The van der Waals surface area contributed by atoms with Gasteiger partial charge >= 0.3 is 12.1 Å². The Labute approximate surface area is 192 Å². The first-order valence-electron chi connectivity index (χ1n) is 10.5. The fourth-order valence-corrected chi connectivity index (χ4v) is 4.07. The minimum Gasteiger partial charge on any atom is -0.496 e. The highest BCUT2D eigenvalue weighted by atomic mass is 16.5. The van der Waals surface area contributed by atoms with Gasteiger partial charge in [0, 0.05) is 17.0 Å². The van der Waals surface area contributed by atoms with E-state index in [0.717, 1.165) is 11.1 Å². The molecule has 0 aliphatic heterocycles. The molecule has 0 atom stereocenters. The third-order valence-corrected chi connectivity index (χ3v) is 5.52. The molecule has 0 radical (unpaired) electrons. The lowest BCUT2D eigenvalue weighted by Crippen LogP contribution is -2.26. The van der Waals surface area contributed by atoms with Crippen LogP contribution in [0.15, 0.2) is 66.7 Å². The van der Waals surface area contributed by atoms with Crippen LogP contribution in [0.3, 0.4) is 0 Å². The van der Waals surface area contributed by atoms with Crippen LogP contribution in [0.5, 0.6) is 5.75 Å². The van der Waals surface area contributed by atoms with Crippen molar-refractivity contribution in [1.29, 1.82) is 0 Å². The van der Waals surface area contributed by atoms with Crippen molar-refractivity contribution in [3.8, 4) is 28.7 Å². The standard InChI is InChI=1S/C27H23NO5/c1-32-25-13-12-18(15-19(25)16-26(29)30)7-6-14-28-27(31)33-17-24-22-10-4-2-8-20(22)21-9-3-5-11-23(21)24/h2-5,8-13,15,24H,14,16-17H2,1H3,(H,28,31)(H,29,30). The smallest absolute Gasteiger partial charge is 0.407 e. The number of methoxy groups -OCH3 is 1. The molecule has 166 valence electrons. The summed E-state index contributed by atoms with van der Waals surface area (Å²) < 4.78 is 10.7. The molecule has 1 aliphatic rings. The average molecular weight is 441 g/mol. The van der Waals surface area contributed by atoms with Crippen LogP contribution < -0.4 is 10.1 Å². The fourth-order valence-electron chi connectivity index (χ4n) is 4.07. The van der Waals surface area contributed by atoms with Crippen molar-refractivity contribution in [3.05, 3.63) is 89.0 Å². The molecule has 4 rings (SSSR count). The van der Waals surface area contributed by atoms with Gasteiger partial charge in [-0.15, -0.1) is 0 Å². The topological polar surface area (TPSA) is 84.9 Å². The highest BCUT2D eigenvalue weighted by molar-refractivity contribution is 5.79. The summed E-state index contributed by atoms with van der Waals surface area (Å²) in [6, 6.07) is 21.4. The van der Waals surface area contributed by atoms with Crippen LogP contribution in [0.25, 0.3) is 11.1 Å². The Morgan fingerprint density at radius 1 is 1.00 bits per heavy atom. The van der Waals surface area contributed by atoms with E-state index in [1.807, 2.05) is 24.3 Å². The summed E-state index contributed by atoms with van der Waals surface area (Å²) in [5.41, 5.74) is 5.85. The first-order chi connectivity index (χ1) is 16.1. The van der Waals surface area contributed by atoms with Gasteiger partial charge in [0.2, 0.25) is 0 Å². The van der Waals surface area contributed by atoms with Gasteiger partial charge in [-0.3, -0.25) is 4.79 Å². The second kappa shape index (κ2) is 9.92. The molecular formula is C27H23NO5. The minimum atomic E-state index is -0.949. The Bertz CT molecular complexity index is 1210. The molecule has 0 saturated carbocycles. The van der Waals surface area contributed by atoms with Crippen LogP contribution in [0.1, 0.15) is 28.2 Å². The normalized spacial score (nSPS) is 11.5. The third-order valence-electron chi connectivity index (χ3n) is 5.52. The number of carbonyl (C=O) groups excluding carboxylic acids is 1. The maximum Gasteiger partial charge on any atom is 0.407 e. The number of aliphatic carboxylic acids is 1. The zero-order chi connectivity index (χ0) is 23.2. The number of nitrogens with one attached hydrogen (secondary N) is 1. The number of benzene rings is 3. The molecule has 0 fully saturated rings. The van der Waals surface area contributed by atoms with Gasteiger partial charge in [0.25, 0.3) is 0 Å². The average Bonchev–Trinajstić information content (AvgIpc) is 3.14. The molecule has 3 aromatic rings. The van der Waals surface area contributed by atoms with Gasteiger partial charge in [0.15, 0.2) is 0 Å². The van der Waals surface area contributed by atoms with Crippen molar-refractivity contribution in [2.75, 3.05) is 20.3 Å². The predicted molar refractivity (Wildman–Crippen MR) is 124 cm³/mol. The van der Waals surface area contributed by atoms with Crippen molar-refractivity contribution in [1.82, 2.24) is 5.32 Å². The molecule has 1 amide bonds. The van der Waals surface area contributed by atoms with E-state index in [2.05, 4.69) is 41.4 Å². The van der Waals surface area contributed by atoms with Crippen molar-refractivity contribution in [3.63, 3.8) is 0 Å². The molecule has 6 nitrogen and oxygen atoms in total. The van der Waals surface area contributed by atoms with E-state index in [4.69, 9.17) is 14.6 Å². The first kappa shape index (κ1) is 22.0. The molecule has 1 aliphatic carbocycles.